The minimum absolute atomic E-state index is 0.124. The number of alkyl halides is 1. The average molecular weight is 249 g/mol. The van der Waals surface area contributed by atoms with Crippen molar-refractivity contribution in [3.63, 3.8) is 0 Å². The maximum absolute atomic E-state index is 9.86. The minimum Gasteiger partial charge on any atom is -0.504 e. The molecule has 2 aromatic carbocycles. The van der Waals surface area contributed by atoms with Crippen molar-refractivity contribution in [3.8, 4) is 11.5 Å². The highest BCUT2D eigenvalue weighted by Crippen LogP contribution is 2.31. The SMILES string of the molecule is Oc1c(CCl)cccc1OCc1ccccc1. The second kappa shape index (κ2) is 5.60. The Kier molecular flexibility index (Phi) is 3.89. The summed E-state index contributed by atoms with van der Waals surface area (Å²) < 4.78 is 5.56. The molecule has 88 valence electrons. The van der Waals surface area contributed by atoms with Gasteiger partial charge in [0.05, 0.1) is 5.88 Å². The number of para-hydroxylation sites is 1. The van der Waals surface area contributed by atoms with Crippen molar-refractivity contribution in [2.45, 2.75) is 12.5 Å². The highest BCUT2D eigenvalue weighted by Gasteiger charge is 2.06. The van der Waals surface area contributed by atoms with E-state index in [1.54, 1.807) is 12.1 Å². The molecule has 2 nitrogen and oxygen atoms in total. The Hall–Kier alpha value is -1.67. The van der Waals surface area contributed by atoms with E-state index in [9.17, 15) is 5.11 Å². The molecule has 0 atom stereocenters. The van der Waals surface area contributed by atoms with Crippen LogP contribution in [-0.2, 0) is 12.5 Å². The van der Waals surface area contributed by atoms with E-state index in [1.807, 2.05) is 36.4 Å². The molecule has 0 unspecified atom stereocenters. The van der Waals surface area contributed by atoms with E-state index < -0.39 is 0 Å². The van der Waals surface area contributed by atoms with Crippen LogP contribution in [0.1, 0.15) is 11.1 Å². The van der Waals surface area contributed by atoms with Crippen molar-refractivity contribution >= 4 is 11.6 Å². The summed E-state index contributed by atoms with van der Waals surface area (Å²) in [4.78, 5) is 0. The molecule has 0 saturated carbocycles. The van der Waals surface area contributed by atoms with Gasteiger partial charge in [-0.3, -0.25) is 0 Å². The lowest BCUT2D eigenvalue weighted by Gasteiger charge is -2.10. The van der Waals surface area contributed by atoms with Crippen LogP contribution in [0.3, 0.4) is 0 Å². The molecule has 0 fully saturated rings. The van der Waals surface area contributed by atoms with E-state index in [1.165, 1.54) is 0 Å². The van der Waals surface area contributed by atoms with Crippen molar-refractivity contribution in [1.82, 2.24) is 0 Å². The zero-order chi connectivity index (χ0) is 12.1. The number of phenols is 1. The topological polar surface area (TPSA) is 29.5 Å². The van der Waals surface area contributed by atoms with Crippen molar-refractivity contribution in [3.05, 3.63) is 59.7 Å². The molecule has 0 aliphatic carbocycles. The lowest BCUT2D eigenvalue weighted by Crippen LogP contribution is -1.96. The smallest absolute Gasteiger partial charge is 0.162 e. The normalized spacial score (nSPS) is 10.2. The fourth-order valence-electron chi connectivity index (χ4n) is 1.53. The molecule has 0 bridgehead atoms. The molecule has 0 aromatic heterocycles. The van der Waals surface area contributed by atoms with Gasteiger partial charge in [-0.25, -0.2) is 0 Å². The molecule has 1 N–H and O–H groups in total. The predicted molar refractivity (Wildman–Crippen MR) is 68.4 cm³/mol. The van der Waals surface area contributed by atoms with Crippen molar-refractivity contribution in [2.75, 3.05) is 0 Å². The number of rotatable bonds is 4. The van der Waals surface area contributed by atoms with Gasteiger partial charge < -0.3 is 9.84 Å². The van der Waals surface area contributed by atoms with Gasteiger partial charge in [-0.05, 0) is 11.6 Å². The van der Waals surface area contributed by atoms with E-state index in [-0.39, 0.29) is 11.6 Å². The molecule has 0 spiro atoms. The van der Waals surface area contributed by atoms with Crippen LogP contribution in [-0.4, -0.2) is 5.11 Å². The van der Waals surface area contributed by atoms with Gasteiger partial charge in [0, 0.05) is 5.56 Å². The fraction of sp³-hybridized carbons (Fsp3) is 0.143. The lowest BCUT2D eigenvalue weighted by molar-refractivity contribution is 0.288. The molecule has 0 amide bonds. The number of halogens is 1. The Bertz CT molecular complexity index is 483. The first-order valence-corrected chi connectivity index (χ1v) is 5.88. The molecule has 3 heteroatoms. The van der Waals surface area contributed by atoms with E-state index in [2.05, 4.69) is 0 Å². The van der Waals surface area contributed by atoms with E-state index in [4.69, 9.17) is 16.3 Å². The van der Waals surface area contributed by atoms with Gasteiger partial charge in [0.25, 0.3) is 0 Å². The van der Waals surface area contributed by atoms with E-state index >= 15 is 0 Å². The molecule has 0 aliphatic rings. The van der Waals surface area contributed by atoms with Gasteiger partial charge in [0.2, 0.25) is 0 Å². The third-order valence-electron chi connectivity index (χ3n) is 2.46. The molecule has 2 aromatic rings. The highest BCUT2D eigenvalue weighted by molar-refractivity contribution is 6.17. The molecule has 0 saturated heterocycles. The zero-order valence-corrected chi connectivity index (χ0v) is 10.0. The van der Waals surface area contributed by atoms with Gasteiger partial charge in [-0.2, -0.15) is 0 Å². The van der Waals surface area contributed by atoms with E-state index in [0.29, 0.717) is 17.9 Å². The van der Waals surface area contributed by atoms with Crippen LogP contribution in [0.25, 0.3) is 0 Å². The first-order chi connectivity index (χ1) is 8.31. The second-order valence-corrected chi connectivity index (χ2v) is 3.94. The van der Waals surface area contributed by atoms with Gasteiger partial charge in [0.15, 0.2) is 11.5 Å². The van der Waals surface area contributed by atoms with Crippen LogP contribution >= 0.6 is 11.6 Å². The van der Waals surface area contributed by atoms with Gasteiger partial charge in [-0.1, -0.05) is 42.5 Å². The molecule has 0 radical (unpaired) electrons. The quantitative estimate of drug-likeness (QED) is 0.836. The van der Waals surface area contributed by atoms with Crippen molar-refractivity contribution < 1.29 is 9.84 Å². The summed E-state index contributed by atoms with van der Waals surface area (Å²) in [5.41, 5.74) is 1.74. The molecule has 0 heterocycles. The second-order valence-electron chi connectivity index (χ2n) is 3.67. The first kappa shape index (κ1) is 11.8. The standard InChI is InChI=1S/C14H13ClO2/c15-9-12-7-4-8-13(14(12)16)17-10-11-5-2-1-3-6-11/h1-8,16H,9-10H2. The molecule has 0 aliphatic heterocycles. The number of aromatic hydroxyl groups is 1. The van der Waals surface area contributed by atoms with Crippen LogP contribution in [0.4, 0.5) is 0 Å². The van der Waals surface area contributed by atoms with Crippen molar-refractivity contribution in [2.24, 2.45) is 0 Å². The fourth-order valence-corrected chi connectivity index (χ4v) is 1.74. The predicted octanol–water partition coefficient (Wildman–Crippen LogP) is 3.71. The summed E-state index contributed by atoms with van der Waals surface area (Å²) in [7, 11) is 0. The summed E-state index contributed by atoms with van der Waals surface area (Å²) in [6.45, 7) is 0.431. The number of hydrogen-bond donors (Lipinski definition) is 1. The number of hydrogen-bond acceptors (Lipinski definition) is 2. The lowest BCUT2D eigenvalue weighted by atomic mass is 10.2. The largest absolute Gasteiger partial charge is 0.504 e. The maximum atomic E-state index is 9.86. The van der Waals surface area contributed by atoms with Crippen LogP contribution in [0.5, 0.6) is 11.5 Å². The van der Waals surface area contributed by atoms with Crippen LogP contribution in [0.15, 0.2) is 48.5 Å². The summed E-state index contributed by atoms with van der Waals surface area (Å²) >= 11 is 5.71. The van der Waals surface area contributed by atoms with Gasteiger partial charge >= 0.3 is 0 Å². The monoisotopic (exact) mass is 248 g/mol. The summed E-state index contributed by atoms with van der Waals surface area (Å²) in [5.74, 6) is 0.861. The van der Waals surface area contributed by atoms with Gasteiger partial charge in [0.1, 0.15) is 6.61 Å². The molecular formula is C14H13ClO2. The van der Waals surface area contributed by atoms with Crippen LogP contribution in [0.2, 0.25) is 0 Å². The number of phenolic OH excluding ortho intramolecular Hbond substituents is 1. The Morgan fingerprint density at radius 1 is 1.00 bits per heavy atom. The summed E-state index contributed by atoms with van der Waals surface area (Å²) in [5, 5.41) is 9.86. The summed E-state index contributed by atoms with van der Waals surface area (Å²) in [6.07, 6.45) is 0. The van der Waals surface area contributed by atoms with Crippen molar-refractivity contribution in [1.29, 1.82) is 0 Å². The third kappa shape index (κ3) is 2.92. The zero-order valence-electron chi connectivity index (χ0n) is 9.27. The van der Waals surface area contributed by atoms with Crippen LogP contribution in [0, 0.1) is 0 Å². The van der Waals surface area contributed by atoms with E-state index in [0.717, 1.165) is 5.56 Å². The number of ether oxygens (including phenoxy) is 1. The third-order valence-corrected chi connectivity index (χ3v) is 2.75. The maximum Gasteiger partial charge on any atom is 0.162 e. The average Bonchev–Trinajstić information content (AvgIpc) is 2.39. The molecule has 17 heavy (non-hydrogen) atoms. The first-order valence-electron chi connectivity index (χ1n) is 5.35. The molecular weight excluding hydrogens is 236 g/mol. The molecule has 2 rings (SSSR count). The Morgan fingerprint density at radius 3 is 2.47 bits per heavy atom. The minimum atomic E-state index is 0.124. The Labute approximate surface area is 105 Å². The Morgan fingerprint density at radius 2 is 1.76 bits per heavy atom. The summed E-state index contributed by atoms with van der Waals surface area (Å²) in [6, 6.07) is 15.1. The highest BCUT2D eigenvalue weighted by atomic mass is 35.5. The number of benzene rings is 2. The van der Waals surface area contributed by atoms with Gasteiger partial charge in [-0.15, -0.1) is 11.6 Å². The Balaban J connectivity index is 2.09. The van der Waals surface area contributed by atoms with Crippen LogP contribution < -0.4 is 4.74 Å².